The molecule has 6 nitrogen and oxygen atoms in total. The molecule has 2 amide bonds. The van der Waals surface area contributed by atoms with Crippen LogP contribution in [0.5, 0.6) is 0 Å². The van der Waals surface area contributed by atoms with Gasteiger partial charge in [-0.25, -0.2) is 4.39 Å². The van der Waals surface area contributed by atoms with Crippen molar-refractivity contribution in [2.24, 2.45) is 0 Å². The van der Waals surface area contributed by atoms with Gasteiger partial charge in [-0.3, -0.25) is 14.4 Å². The monoisotopic (exact) mass is 350 g/mol. The molecule has 25 heavy (non-hydrogen) atoms. The summed E-state index contributed by atoms with van der Waals surface area (Å²) in [5.41, 5.74) is 0.0689. The summed E-state index contributed by atoms with van der Waals surface area (Å²) in [5, 5.41) is 2.87. The second-order valence-corrected chi connectivity index (χ2v) is 5.92. The van der Waals surface area contributed by atoms with Crippen molar-refractivity contribution in [2.75, 3.05) is 19.7 Å². The number of hydrogen-bond donors (Lipinski definition) is 1. The summed E-state index contributed by atoms with van der Waals surface area (Å²) in [6.07, 6.45) is 1.36. The zero-order chi connectivity index (χ0) is 18.2. The van der Waals surface area contributed by atoms with Crippen LogP contribution >= 0.6 is 0 Å². The van der Waals surface area contributed by atoms with E-state index >= 15 is 0 Å². The van der Waals surface area contributed by atoms with Crippen LogP contribution in [0.1, 0.15) is 43.0 Å². The number of nitrogens with one attached hydrogen (secondary N) is 1. The van der Waals surface area contributed by atoms with E-state index in [0.29, 0.717) is 32.5 Å². The standard InChI is InChI=1S/C18H23FN2O4/c1-2-25-17(23)8-7-16(22)20-13-9-11-21(12-10-13)18(24)14-5-3-4-6-15(14)19/h3-6,13H,2,7-12H2,1H3,(H,20,22). The van der Waals surface area contributed by atoms with Crippen LogP contribution in [0, 0.1) is 5.82 Å². The van der Waals surface area contributed by atoms with Crippen LogP contribution in [-0.2, 0) is 14.3 Å². The molecule has 1 heterocycles. The zero-order valence-corrected chi connectivity index (χ0v) is 14.3. The highest BCUT2D eigenvalue weighted by molar-refractivity contribution is 5.94. The Morgan fingerprint density at radius 1 is 1.20 bits per heavy atom. The van der Waals surface area contributed by atoms with Gasteiger partial charge in [0.15, 0.2) is 0 Å². The van der Waals surface area contributed by atoms with Gasteiger partial charge in [-0.2, -0.15) is 0 Å². The summed E-state index contributed by atoms with van der Waals surface area (Å²) in [7, 11) is 0. The van der Waals surface area contributed by atoms with Gasteiger partial charge in [-0.05, 0) is 31.9 Å². The van der Waals surface area contributed by atoms with Crippen molar-refractivity contribution in [1.82, 2.24) is 10.2 Å². The third-order valence-corrected chi connectivity index (χ3v) is 4.11. The molecule has 1 N–H and O–H groups in total. The molecule has 0 unspecified atom stereocenters. The number of esters is 1. The molecule has 0 radical (unpaired) electrons. The van der Waals surface area contributed by atoms with E-state index in [2.05, 4.69) is 5.32 Å². The van der Waals surface area contributed by atoms with Gasteiger partial charge in [0.25, 0.3) is 5.91 Å². The van der Waals surface area contributed by atoms with E-state index in [1.807, 2.05) is 0 Å². The predicted molar refractivity (Wildman–Crippen MR) is 89.3 cm³/mol. The number of halogens is 1. The minimum atomic E-state index is -0.526. The van der Waals surface area contributed by atoms with E-state index in [1.165, 1.54) is 12.1 Å². The van der Waals surface area contributed by atoms with Crippen molar-refractivity contribution in [3.63, 3.8) is 0 Å². The number of piperidine rings is 1. The van der Waals surface area contributed by atoms with Crippen LogP contribution in [-0.4, -0.2) is 48.4 Å². The molecule has 2 rings (SSSR count). The Labute approximate surface area is 146 Å². The van der Waals surface area contributed by atoms with E-state index in [4.69, 9.17) is 4.74 Å². The molecule has 0 spiro atoms. The summed E-state index contributed by atoms with van der Waals surface area (Å²) in [6, 6.07) is 5.88. The lowest BCUT2D eigenvalue weighted by Gasteiger charge is -2.32. The highest BCUT2D eigenvalue weighted by Gasteiger charge is 2.25. The second-order valence-electron chi connectivity index (χ2n) is 5.92. The van der Waals surface area contributed by atoms with E-state index < -0.39 is 5.82 Å². The average Bonchev–Trinajstić information content (AvgIpc) is 2.61. The number of carbonyl (C=O) groups excluding carboxylic acids is 3. The van der Waals surface area contributed by atoms with Crippen molar-refractivity contribution in [1.29, 1.82) is 0 Å². The number of likely N-dealkylation sites (tertiary alicyclic amines) is 1. The molecule has 0 bridgehead atoms. The first-order chi connectivity index (χ1) is 12.0. The van der Waals surface area contributed by atoms with Crippen LogP contribution in [0.4, 0.5) is 4.39 Å². The van der Waals surface area contributed by atoms with Crippen molar-refractivity contribution in [2.45, 2.75) is 38.6 Å². The number of carbonyl (C=O) groups is 3. The summed E-state index contributed by atoms with van der Waals surface area (Å²) < 4.78 is 18.5. The SMILES string of the molecule is CCOC(=O)CCC(=O)NC1CCN(C(=O)c2ccccc2F)CC1. The first-order valence-electron chi connectivity index (χ1n) is 8.50. The number of hydrogen-bond acceptors (Lipinski definition) is 4. The molecule has 1 aliphatic rings. The highest BCUT2D eigenvalue weighted by atomic mass is 19.1. The minimum absolute atomic E-state index is 0.0423. The Kier molecular flexibility index (Phi) is 6.91. The molecule has 1 aromatic rings. The number of ether oxygens (including phenoxy) is 1. The van der Waals surface area contributed by atoms with Crippen LogP contribution < -0.4 is 5.32 Å². The molecule has 1 aliphatic heterocycles. The molecule has 1 saturated heterocycles. The van der Waals surface area contributed by atoms with Gasteiger partial charge in [0.1, 0.15) is 5.82 Å². The van der Waals surface area contributed by atoms with Crippen molar-refractivity contribution >= 4 is 17.8 Å². The predicted octanol–water partition coefficient (Wildman–Crippen LogP) is 1.89. The van der Waals surface area contributed by atoms with Gasteiger partial charge >= 0.3 is 5.97 Å². The fraction of sp³-hybridized carbons (Fsp3) is 0.500. The number of benzene rings is 1. The maximum atomic E-state index is 13.7. The van der Waals surface area contributed by atoms with E-state index in [1.54, 1.807) is 24.0 Å². The number of nitrogens with zero attached hydrogens (tertiary/aromatic N) is 1. The Morgan fingerprint density at radius 3 is 2.52 bits per heavy atom. The molecular weight excluding hydrogens is 327 g/mol. The maximum absolute atomic E-state index is 13.7. The molecule has 0 aliphatic carbocycles. The molecule has 0 atom stereocenters. The van der Waals surface area contributed by atoms with Gasteiger partial charge in [0.2, 0.25) is 5.91 Å². The quantitative estimate of drug-likeness (QED) is 0.795. The smallest absolute Gasteiger partial charge is 0.306 e. The van der Waals surface area contributed by atoms with Gasteiger partial charge in [-0.1, -0.05) is 12.1 Å². The third-order valence-electron chi connectivity index (χ3n) is 4.11. The Balaban J connectivity index is 1.76. The van der Waals surface area contributed by atoms with E-state index in [9.17, 15) is 18.8 Å². The topological polar surface area (TPSA) is 75.7 Å². The Hall–Kier alpha value is -2.44. The van der Waals surface area contributed by atoms with Crippen molar-refractivity contribution in [3.8, 4) is 0 Å². The lowest BCUT2D eigenvalue weighted by atomic mass is 10.0. The molecule has 0 aromatic heterocycles. The van der Waals surface area contributed by atoms with Gasteiger partial charge in [-0.15, -0.1) is 0 Å². The van der Waals surface area contributed by atoms with Crippen LogP contribution in [0.2, 0.25) is 0 Å². The lowest BCUT2D eigenvalue weighted by molar-refractivity contribution is -0.144. The second kappa shape index (κ2) is 9.15. The third kappa shape index (κ3) is 5.55. The zero-order valence-electron chi connectivity index (χ0n) is 14.3. The summed E-state index contributed by atoms with van der Waals surface area (Å²) >= 11 is 0. The van der Waals surface area contributed by atoms with Crippen LogP contribution in [0.15, 0.2) is 24.3 Å². The first kappa shape index (κ1) is 18.9. The largest absolute Gasteiger partial charge is 0.466 e. The minimum Gasteiger partial charge on any atom is -0.466 e. The molecule has 1 aromatic carbocycles. The highest BCUT2D eigenvalue weighted by Crippen LogP contribution is 2.16. The molecular formula is C18H23FN2O4. The summed E-state index contributed by atoms with van der Waals surface area (Å²) in [5.74, 6) is -1.44. The number of amides is 2. The first-order valence-corrected chi connectivity index (χ1v) is 8.50. The Bertz CT molecular complexity index is 627. The summed E-state index contributed by atoms with van der Waals surface area (Å²) in [4.78, 5) is 37.0. The lowest BCUT2D eigenvalue weighted by Crippen LogP contribution is -2.46. The number of rotatable bonds is 6. The van der Waals surface area contributed by atoms with Crippen molar-refractivity contribution in [3.05, 3.63) is 35.6 Å². The van der Waals surface area contributed by atoms with Crippen LogP contribution in [0.25, 0.3) is 0 Å². The maximum Gasteiger partial charge on any atom is 0.306 e. The van der Waals surface area contributed by atoms with Gasteiger partial charge in [0.05, 0.1) is 18.6 Å². The molecule has 136 valence electrons. The van der Waals surface area contributed by atoms with Crippen LogP contribution in [0.3, 0.4) is 0 Å². The van der Waals surface area contributed by atoms with E-state index in [-0.39, 0.29) is 42.2 Å². The van der Waals surface area contributed by atoms with Gasteiger partial charge < -0.3 is 15.0 Å². The average molecular weight is 350 g/mol. The van der Waals surface area contributed by atoms with E-state index in [0.717, 1.165) is 0 Å². The molecule has 0 saturated carbocycles. The fourth-order valence-corrected chi connectivity index (χ4v) is 2.78. The molecule has 7 heteroatoms. The van der Waals surface area contributed by atoms with Gasteiger partial charge in [0, 0.05) is 25.6 Å². The summed E-state index contributed by atoms with van der Waals surface area (Å²) in [6.45, 7) is 2.93. The Morgan fingerprint density at radius 2 is 1.88 bits per heavy atom. The normalized spacial score (nSPS) is 14.9. The molecule has 1 fully saturated rings. The fourth-order valence-electron chi connectivity index (χ4n) is 2.78. The van der Waals surface area contributed by atoms with Crippen molar-refractivity contribution < 1.29 is 23.5 Å².